The van der Waals surface area contributed by atoms with Crippen LogP contribution in [0.3, 0.4) is 0 Å². The van der Waals surface area contributed by atoms with Gasteiger partial charge in [0.1, 0.15) is 11.1 Å². The molecule has 1 rings (SSSR count). The Kier molecular flexibility index (Phi) is 6.16. The number of hydrogen-bond donors (Lipinski definition) is 0. The van der Waals surface area contributed by atoms with Crippen LogP contribution < -0.4 is 0 Å². The van der Waals surface area contributed by atoms with Crippen molar-refractivity contribution in [2.45, 2.75) is 18.2 Å². The van der Waals surface area contributed by atoms with E-state index in [0.29, 0.717) is 0 Å². The van der Waals surface area contributed by atoms with Gasteiger partial charge in [0.2, 0.25) is 0 Å². The van der Waals surface area contributed by atoms with Crippen LogP contribution in [-0.2, 0) is 11.2 Å². The second-order valence-electron chi connectivity index (χ2n) is 2.48. The van der Waals surface area contributed by atoms with E-state index in [9.17, 15) is 4.79 Å². The molecule has 1 aromatic heterocycles. The van der Waals surface area contributed by atoms with Gasteiger partial charge in [-0.05, 0) is 18.1 Å². The van der Waals surface area contributed by atoms with Gasteiger partial charge in [0.15, 0.2) is 0 Å². The average molecular weight is 309 g/mol. The highest BCUT2D eigenvalue weighted by atomic mass is 79.9. The predicted molar refractivity (Wildman–Crippen MR) is 61.7 cm³/mol. The summed E-state index contributed by atoms with van der Waals surface area (Å²) in [4.78, 5) is 14.2. The van der Waals surface area contributed by atoms with E-state index in [1.165, 1.54) is 5.56 Å². The van der Waals surface area contributed by atoms with E-state index in [-0.39, 0.29) is 21.8 Å². The number of nitrogens with zero attached hydrogens (tertiary/aromatic N) is 1. The molecule has 0 aromatic carbocycles. The predicted octanol–water partition coefficient (Wildman–Crippen LogP) is 2.86. The fourth-order valence-corrected chi connectivity index (χ4v) is 1.15. The molecular formula is C9H11Br2NO. The molecule has 4 heteroatoms. The van der Waals surface area contributed by atoms with Crippen molar-refractivity contribution in [1.82, 2.24) is 4.98 Å². The van der Waals surface area contributed by atoms with Gasteiger partial charge in [-0.25, -0.2) is 0 Å². The van der Waals surface area contributed by atoms with Crippen LogP contribution in [-0.4, -0.2) is 11.3 Å². The maximum Gasteiger partial charge on any atom is 0.139 e. The second kappa shape index (κ2) is 6.27. The number of pyridine rings is 1. The van der Waals surface area contributed by atoms with E-state index < -0.39 is 0 Å². The largest absolute Gasteiger partial charge is 0.302 e. The van der Waals surface area contributed by atoms with Crippen LogP contribution in [0.4, 0.5) is 0 Å². The Morgan fingerprint density at radius 1 is 1.62 bits per heavy atom. The van der Waals surface area contributed by atoms with Gasteiger partial charge in [-0.2, -0.15) is 0 Å². The number of hydrogen-bond acceptors (Lipinski definition) is 2. The maximum atomic E-state index is 10.4. The van der Waals surface area contributed by atoms with E-state index in [1.807, 2.05) is 12.1 Å². The zero-order valence-corrected chi connectivity index (χ0v) is 10.5. The van der Waals surface area contributed by atoms with E-state index in [0.717, 1.165) is 18.4 Å². The third-order valence-electron chi connectivity index (χ3n) is 1.66. The fraction of sp³-hybridized carbons (Fsp3) is 0.333. The molecule has 0 aliphatic heterocycles. The third kappa shape index (κ3) is 3.56. The van der Waals surface area contributed by atoms with Crippen LogP contribution in [0.1, 0.15) is 23.0 Å². The normalized spacial score (nSPS) is 11.5. The number of alkyl halides is 1. The highest BCUT2D eigenvalue weighted by molar-refractivity contribution is 9.09. The van der Waals surface area contributed by atoms with Gasteiger partial charge in [-0.3, -0.25) is 4.98 Å². The molecule has 0 fully saturated rings. The first-order valence-electron chi connectivity index (χ1n) is 3.82. The topological polar surface area (TPSA) is 30.0 Å². The molecule has 0 N–H and O–H groups in total. The van der Waals surface area contributed by atoms with Crippen molar-refractivity contribution in [2.75, 3.05) is 0 Å². The number of aromatic nitrogens is 1. The van der Waals surface area contributed by atoms with Crippen LogP contribution in [0.15, 0.2) is 18.3 Å². The number of carbonyl (C=O) groups is 1. The molecule has 0 aliphatic carbocycles. The van der Waals surface area contributed by atoms with Gasteiger partial charge < -0.3 is 4.79 Å². The summed E-state index contributed by atoms with van der Waals surface area (Å²) in [6.45, 7) is 2.07. The summed E-state index contributed by atoms with van der Waals surface area (Å²) >= 11 is 3.20. The molecule has 1 unspecified atom stereocenters. The summed E-state index contributed by atoms with van der Waals surface area (Å²) in [6, 6.07) is 3.85. The minimum absolute atomic E-state index is 0. The lowest BCUT2D eigenvalue weighted by atomic mass is 10.2. The molecule has 0 radical (unpaired) electrons. The molecule has 1 heterocycles. The lowest BCUT2D eigenvalue weighted by molar-refractivity contribution is -0.107. The number of halogens is 2. The molecule has 0 bridgehead atoms. The molecule has 2 nitrogen and oxygen atoms in total. The first-order valence-corrected chi connectivity index (χ1v) is 4.73. The Balaban J connectivity index is 0.00000144. The lowest BCUT2D eigenvalue weighted by Gasteiger charge is -2.01. The number of carbonyl (C=O) groups excluding carboxylic acids is 1. The zero-order chi connectivity index (χ0) is 8.97. The maximum absolute atomic E-state index is 10.4. The monoisotopic (exact) mass is 307 g/mol. The fourth-order valence-electron chi connectivity index (χ4n) is 0.878. The SMILES string of the molecule is Br.CCc1ccc(C(Br)C=O)nc1. The van der Waals surface area contributed by atoms with Crippen molar-refractivity contribution in [3.8, 4) is 0 Å². The highest BCUT2D eigenvalue weighted by Crippen LogP contribution is 2.17. The smallest absolute Gasteiger partial charge is 0.139 e. The van der Waals surface area contributed by atoms with Crippen LogP contribution in [0.5, 0.6) is 0 Å². The van der Waals surface area contributed by atoms with Gasteiger partial charge in [-0.15, -0.1) is 17.0 Å². The van der Waals surface area contributed by atoms with Crippen molar-refractivity contribution in [1.29, 1.82) is 0 Å². The molecule has 13 heavy (non-hydrogen) atoms. The molecule has 0 saturated heterocycles. The van der Waals surface area contributed by atoms with Crippen molar-refractivity contribution in [3.63, 3.8) is 0 Å². The average Bonchev–Trinajstić information content (AvgIpc) is 2.17. The van der Waals surface area contributed by atoms with Gasteiger partial charge in [0.05, 0.1) is 5.69 Å². The lowest BCUT2D eigenvalue weighted by Crippen LogP contribution is -1.95. The van der Waals surface area contributed by atoms with Crippen LogP contribution >= 0.6 is 32.9 Å². The van der Waals surface area contributed by atoms with E-state index in [1.54, 1.807) is 6.20 Å². The minimum Gasteiger partial charge on any atom is -0.302 e. The van der Waals surface area contributed by atoms with E-state index >= 15 is 0 Å². The third-order valence-corrected chi connectivity index (χ3v) is 2.34. The Bertz CT molecular complexity index is 261. The summed E-state index contributed by atoms with van der Waals surface area (Å²) in [5.41, 5.74) is 1.95. The van der Waals surface area contributed by atoms with Crippen molar-refractivity contribution >= 4 is 39.2 Å². The quantitative estimate of drug-likeness (QED) is 0.635. The standard InChI is InChI=1S/C9H10BrNO.BrH/c1-2-7-3-4-9(11-5-7)8(10)6-12;/h3-6,8H,2H2,1H3;1H. The molecule has 1 aromatic rings. The van der Waals surface area contributed by atoms with Crippen molar-refractivity contribution in [3.05, 3.63) is 29.6 Å². The number of aryl methyl sites for hydroxylation is 1. The molecule has 0 saturated carbocycles. The van der Waals surface area contributed by atoms with Gasteiger partial charge in [0.25, 0.3) is 0 Å². The van der Waals surface area contributed by atoms with Gasteiger partial charge in [0, 0.05) is 6.20 Å². The second-order valence-corrected chi connectivity index (χ2v) is 3.47. The summed E-state index contributed by atoms with van der Waals surface area (Å²) in [7, 11) is 0. The Labute approximate surface area is 96.7 Å². The first kappa shape index (κ1) is 12.8. The molecule has 0 amide bonds. The Morgan fingerprint density at radius 2 is 2.31 bits per heavy atom. The molecule has 0 spiro atoms. The van der Waals surface area contributed by atoms with E-state index in [4.69, 9.17) is 0 Å². The summed E-state index contributed by atoms with van der Waals surface area (Å²) in [6.07, 6.45) is 3.60. The highest BCUT2D eigenvalue weighted by Gasteiger charge is 2.05. The zero-order valence-electron chi connectivity index (χ0n) is 7.24. The molecule has 0 aliphatic rings. The molecular weight excluding hydrogens is 298 g/mol. The molecule has 1 atom stereocenters. The minimum atomic E-state index is -0.275. The van der Waals surface area contributed by atoms with Gasteiger partial charge >= 0.3 is 0 Å². The van der Waals surface area contributed by atoms with Gasteiger partial charge in [-0.1, -0.05) is 28.9 Å². The molecule has 72 valence electrons. The Morgan fingerprint density at radius 3 is 2.69 bits per heavy atom. The number of aldehydes is 1. The summed E-state index contributed by atoms with van der Waals surface area (Å²) in [5, 5.41) is 0. The van der Waals surface area contributed by atoms with Crippen molar-refractivity contribution in [2.24, 2.45) is 0 Å². The Hall–Kier alpha value is -0.220. The number of rotatable bonds is 3. The summed E-state index contributed by atoms with van der Waals surface area (Å²) in [5.74, 6) is 0. The van der Waals surface area contributed by atoms with Crippen LogP contribution in [0.2, 0.25) is 0 Å². The summed E-state index contributed by atoms with van der Waals surface area (Å²) < 4.78 is 0. The van der Waals surface area contributed by atoms with Crippen molar-refractivity contribution < 1.29 is 4.79 Å². The van der Waals surface area contributed by atoms with Crippen LogP contribution in [0, 0.1) is 0 Å². The van der Waals surface area contributed by atoms with Crippen LogP contribution in [0.25, 0.3) is 0 Å². The van der Waals surface area contributed by atoms with E-state index in [2.05, 4.69) is 27.8 Å². The first-order chi connectivity index (χ1) is 5.77.